The largest absolute Gasteiger partial charge is 0.376 e. The van der Waals surface area contributed by atoms with Gasteiger partial charge in [-0.05, 0) is 29.3 Å². The van der Waals surface area contributed by atoms with E-state index in [2.05, 4.69) is 54.4 Å². The van der Waals surface area contributed by atoms with Crippen molar-refractivity contribution >= 4 is 10.8 Å². The molecule has 0 fully saturated rings. The molecule has 0 aliphatic rings. The fourth-order valence-corrected chi connectivity index (χ4v) is 1.97. The maximum Gasteiger partial charge on any atom is 0.0672 e. The first kappa shape index (κ1) is 13.8. The molecule has 100 valence electrons. The summed E-state index contributed by atoms with van der Waals surface area (Å²) in [6, 6.07) is 15.0. The van der Waals surface area contributed by atoms with Crippen LogP contribution in [0.3, 0.4) is 0 Å². The summed E-state index contributed by atoms with van der Waals surface area (Å²) in [5.74, 6) is 0. The van der Waals surface area contributed by atoms with Crippen molar-refractivity contribution in [3.8, 4) is 0 Å². The second kappa shape index (κ2) is 7.07. The van der Waals surface area contributed by atoms with Gasteiger partial charge in [0.2, 0.25) is 0 Å². The molecule has 2 aromatic rings. The monoisotopic (exact) mass is 255 g/mol. The minimum absolute atomic E-state index is 0.650. The van der Waals surface area contributed by atoms with Crippen LogP contribution >= 0.6 is 0 Å². The van der Waals surface area contributed by atoms with Gasteiger partial charge in [-0.2, -0.15) is 0 Å². The van der Waals surface area contributed by atoms with Crippen LogP contribution in [0.1, 0.15) is 12.5 Å². The Morgan fingerprint density at radius 1 is 1.16 bits per heavy atom. The second-order valence-corrected chi connectivity index (χ2v) is 4.87. The molecular weight excluding hydrogens is 234 g/mol. The average molecular weight is 255 g/mol. The van der Waals surface area contributed by atoms with E-state index in [4.69, 9.17) is 4.74 Å². The van der Waals surface area contributed by atoms with Gasteiger partial charge in [0, 0.05) is 13.1 Å². The maximum atomic E-state index is 5.44. The van der Waals surface area contributed by atoms with E-state index in [1.54, 1.807) is 0 Å². The van der Waals surface area contributed by atoms with Crippen molar-refractivity contribution in [1.29, 1.82) is 0 Å². The molecule has 19 heavy (non-hydrogen) atoms. The summed E-state index contributed by atoms with van der Waals surface area (Å²) in [5.41, 5.74) is 2.37. The van der Waals surface area contributed by atoms with E-state index in [1.807, 2.05) is 6.92 Å². The summed E-state index contributed by atoms with van der Waals surface area (Å²) in [7, 11) is 0. The molecule has 0 bridgehead atoms. The number of rotatable bonds is 7. The van der Waals surface area contributed by atoms with Crippen molar-refractivity contribution in [1.82, 2.24) is 5.32 Å². The molecule has 0 amide bonds. The normalized spacial score (nSPS) is 10.8. The summed E-state index contributed by atoms with van der Waals surface area (Å²) in [6.45, 7) is 8.89. The van der Waals surface area contributed by atoms with Crippen LogP contribution in [0.25, 0.3) is 10.8 Å². The summed E-state index contributed by atoms with van der Waals surface area (Å²) in [6.07, 6.45) is 0. The SMILES string of the molecule is C=C(C)COCCNCc1ccc2ccccc2c1. The highest BCUT2D eigenvalue weighted by Crippen LogP contribution is 2.15. The third kappa shape index (κ3) is 4.51. The van der Waals surface area contributed by atoms with Crippen molar-refractivity contribution < 1.29 is 4.74 Å². The van der Waals surface area contributed by atoms with Crippen LogP contribution in [0.15, 0.2) is 54.6 Å². The van der Waals surface area contributed by atoms with Gasteiger partial charge in [0.25, 0.3) is 0 Å². The molecule has 2 aromatic carbocycles. The molecule has 0 radical (unpaired) electrons. The Balaban J connectivity index is 1.77. The number of nitrogens with one attached hydrogen (secondary N) is 1. The first-order valence-electron chi connectivity index (χ1n) is 6.66. The molecule has 2 heteroatoms. The van der Waals surface area contributed by atoms with Crippen LogP contribution in [-0.2, 0) is 11.3 Å². The van der Waals surface area contributed by atoms with E-state index in [9.17, 15) is 0 Å². The third-order valence-electron chi connectivity index (χ3n) is 2.91. The number of hydrogen-bond donors (Lipinski definition) is 1. The summed E-state index contributed by atoms with van der Waals surface area (Å²) in [5, 5.41) is 5.97. The smallest absolute Gasteiger partial charge is 0.0672 e. The van der Waals surface area contributed by atoms with Gasteiger partial charge in [0.05, 0.1) is 13.2 Å². The molecule has 0 aromatic heterocycles. The first-order valence-corrected chi connectivity index (χ1v) is 6.66. The van der Waals surface area contributed by atoms with Crippen LogP contribution in [0, 0.1) is 0 Å². The summed E-state index contributed by atoms with van der Waals surface area (Å²) in [4.78, 5) is 0. The molecule has 1 N–H and O–H groups in total. The van der Waals surface area contributed by atoms with E-state index >= 15 is 0 Å². The van der Waals surface area contributed by atoms with E-state index in [0.717, 1.165) is 25.3 Å². The van der Waals surface area contributed by atoms with Gasteiger partial charge in [-0.15, -0.1) is 0 Å². The van der Waals surface area contributed by atoms with Gasteiger partial charge < -0.3 is 10.1 Å². The van der Waals surface area contributed by atoms with E-state index in [-0.39, 0.29) is 0 Å². The Bertz CT molecular complexity index is 548. The lowest BCUT2D eigenvalue weighted by atomic mass is 10.1. The Morgan fingerprint density at radius 2 is 1.95 bits per heavy atom. The summed E-state index contributed by atoms with van der Waals surface area (Å²) < 4.78 is 5.44. The highest BCUT2D eigenvalue weighted by molar-refractivity contribution is 5.82. The fraction of sp³-hybridized carbons (Fsp3) is 0.294. The molecule has 2 nitrogen and oxygen atoms in total. The third-order valence-corrected chi connectivity index (χ3v) is 2.91. The predicted octanol–water partition coefficient (Wildman–Crippen LogP) is 3.52. The molecular formula is C17H21NO. The first-order chi connectivity index (χ1) is 9.25. The molecule has 0 unspecified atom stereocenters. The molecule has 0 saturated heterocycles. The highest BCUT2D eigenvalue weighted by atomic mass is 16.5. The maximum absolute atomic E-state index is 5.44. The van der Waals surface area contributed by atoms with Crippen molar-refractivity contribution in [3.05, 3.63) is 60.2 Å². The summed E-state index contributed by atoms with van der Waals surface area (Å²) >= 11 is 0. The fourth-order valence-electron chi connectivity index (χ4n) is 1.97. The van der Waals surface area contributed by atoms with Crippen LogP contribution in [0.2, 0.25) is 0 Å². The average Bonchev–Trinajstić information content (AvgIpc) is 2.42. The molecule has 0 spiro atoms. The van der Waals surface area contributed by atoms with Crippen LogP contribution in [-0.4, -0.2) is 19.8 Å². The van der Waals surface area contributed by atoms with Gasteiger partial charge in [0.15, 0.2) is 0 Å². The number of ether oxygens (including phenoxy) is 1. The van der Waals surface area contributed by atoms with Gasteiger partial charge >= 0.3 is 0 Å². The van der Waals surface area contributed by atoms with Gasteiger partial charge in [-0.1, -0.05) is 48.6 Å². The van der Waals surface area contributed by atoms with E-state index < -0.39 is 0 Å². The zero-order valence-electron chi connectivity index (χ0n) is 11.5. The lowest BCUT2D eigenvalue weighted by molar-refractivity contribution is 0.158. The van der Waals surface area contributed by atoms with Crippen molar-refractivity contribution in [2.75, 3.05) is 19.8 Å². The van der Waals surface area contributed by atoms with Gasteiger partial charge in [0.1, 0.15) is 0 Å². The Hall–Kier alpha value is -1.64. The molecule has 0 aliphatic heterocycles. The molecule has 0 aliphatic carbocycles. The molecule has 0 atom stereocenters. The quantitative estimate of drug-likeness (QED) is 0.603. The second-order valence-electron chi connectivity index (χ2n) is 4.87. The zero-order chi connectivity index (χ0) is 13.5. The standard InChI is InChI=1S/C17H21NO/c1-14(2)13-19-10-9-18-12-15-7-8-16-5-3-4-6-17(16)11-15/h3-8,11,18H,1,9-10,12-13H2,2H3. The lowest BCUT2D eigenvalue weighted by Gasteiger charge is -2.07. The van der Waals surface area contributed by atoms with Crippen molar-refractivity contribution in [3.63, 3.8) is 0 Å². The van der Waals surface area contributed by atoms with Crippen LogP contribution in [0.5, 0.6) is 0 Å². The molecule has 2 rings (SSSR count). The zero-order valence-corrected chi connectivity index (χ0v) is 11.5. The van der Waals surface area contributed by atoms with E-state index in [1.165, 1.54) is 16.3 Å². The topological polar surface area (TPSA) is 21.3 Å². The number of hydrogen-bond acceptors (Lipinski definition) is 2. The predicted molar refractivity (Wildman–Crippen MR) is 81.3 cm³/mol. The highest BCUT2D eigenvalue weighted by Gasteiger charge is 1.96. The number of fused-ring (bicyclic) bond motifs is 1. The minimum Gasteiger partial charge on any atom is -0.376 e. The van der Waals surface area contributed by atoms with Crippen molar-refractivity contribution in [2.45, 2.75) is 13.5 Å². The Morgan fingerprint density at radius 3 is 2.74 bits per heavy atom. The Labute approximate surface area is 115 Å². The molecule has 0 heterocycles. The lowest BCUT2D eigenvalue weighted by Crippen LogP contribution is -2.19. The Kier molecular flexibility index (Phi) is 5.13. The number of benzene rings is 2. The van der Waals surface area contributed by atoms with E-state index in [0.29, 0.717) is 6.61 Å². The van der Waals surface area contributed by atoms with Crippen molar-refractivity contribution in [2.24, 2.45) is 0 Å². The van der Waals surface area contributed by atoms with Crippen LogP contribution < -0.4 is 5.32 Å². The molecule has 0 saturated carbocycles. The van der Waals surface area contributed by atoms with Gasteiger partial charge in [-0.25, -0.2) is 0 Å². The van der Waals surface area contributed by atoms with Gasteiger partial charge in [-0.3, -0.25) is 0 Å². The van der Waals surface area contributed by atoms with Crippen LogP contribution in [0.4, 0.5) is 0 Å². The minimum atomic E-state index is 0.650.